The zero-order chi connectivity index (χ0) is 26.6. The van der Waals surface area contributed by atoms with Crippen LogP contribution < -0.4 is 10.7 Å². The molecule has 38 heavy (non-hydrogen) atoms. The predicted octanol–water partition coefficient (Wildman–Crippen LogP) is 4.74. The molecule has 2 aromatic heterocycles. The summed E-state index contributed by atoms with van der Waals surface area (Å²) in [6.45, 7) is 7.19. The molecule has 3 heterocycles. The molecule has 0 radical (unpaired) electrons. The van der Waals surface area contributed by atoms with E-state index in [4.69, 9.17) is 14.2 Å². The Hall–Kier alpha value is -4.14. The summed E-state index contributed by atoms with van der Waals surface area (Å²) in [7, 11) is 0. The lowest BCUT2D eigenvalue weighted by Crippen LogP contribution is -2.19. The van der Waals surface area contributed by atoms with Gasteiger partial charge in [-0.15, -0.1) is 0 Å². The van der Waals surface area contributed by atoms with Gasteiger partial charge in [0, 0.05) is 24.3 Å². The summed E-state index contributed by atoms with van der Waals surface area (Å²) < 4.78 is 12.2. The van der Waals surface area contributed by atoms with E-state index in [0.29, 0.717) is 37.6 Å². The summed E-state index contributed by atoms with van der Waals surface area (Å²) in [4.78, 5) is 34.2. The molecule has 198 valence electrons. The number of aromatic amines is 1. The smallest absolute Gasteiger partial charge is 0.438 e. The summed E-state index contributed by atoms with van der Waals surface area (Å²) in [6, 6.07) is 14.7. The third kappa shape index (κ3) is 5.01. The van der Waals surface area contributed by atoms with E-state index < -0.39 is 5.76 Å². The number of benzene rings is 2. The second-order valence-corrected chi connectivity index (χ2v) is 9.45. The van der Waals surface area contributed by atoms with Gasteiger partial charge in [-0.2, -0.15) is 0 Å². The maximum atomic E-state index is 12.9. The molecule has 0 fully saturated rings. The van der Waals surface area contributed by atoms with Crippen LogP contribution in [0.4, 0.5) is 11.4 Å². The van der Waals surface area contributed by atoms with Crippen molar-refractivity contribution >= 4 is 17.3 Å². The first-order valence-corrected chi connectivity index (χ1v) is 13.3. The van der Waals surface area contributed by atoms with E-state index in [9.17, 15) is 9.59 Å². The molecular weight excluding hydrogens is 482 g/mol. The zero-order valence-corrected chi connectivity index (χ0v) is 22.1. The molecule has 0 bridgehead atoms. The lowest BCUT2D eigenvalue weighted by Gasteiger charge is -2.26. The number of ether oxygens (including phenoxy) is 1. The average molecular weight is 516 g/mol. The number of hydrogen-bond acceptors (Lipinski definition) is 7. The van der Waals surface area contributed by atoms with Crippen LogP contribution in [0, 0.1) is 0 Å². The molecule has 9 nitrogen and oxygen atoms in total. The number of imidazole rings is 1. The van der Waals surface area contributed by atoms with E-state index >= 15 is 0 Å². The second kappa shape index (κ2) is 11.1. The number of anilines is 2. The highest BCUT2D eigenvalue weighted by atomic mass is 16.5. The molecule has 0 atom stereocenters. The van der Waals surface area contributed by atoms with E-state index in [1.807, 2.05) is 30.5 Å². The van der Waals surface area contributed by atoms with Crippen molar-refractivity contribution < 1.29 is 14.1 Å². The van der Waals surface area contributed by atoms with Crippen molar-refractivity contribution in [1.29, 1.82) is 0 Å². The van der Waals surface area contributed by atoms with Gasteiger partial charge in [-0.05, 0) is 61.4 Å². The van der Waals surface area contributed by atoms with E-state index in [1.54, 1.807) is 0 Å². The van der Waals surface area contributed by atoms with Crippen LogP contribution in [-0.4, -0.2) is 32.3 Å². The van der Waals surface area contributed by atoms with Crippen LogP contribution in [0.5, 0.6) is 0 Å². The van der Waals surface area contributed by atoms with E-state index in [0.717, 1.165) is 54.1 Å². The number of nitrogens with zero attached hydrogens (tertiary/aromatic N) is 4. The Morgan fingerprint density at radius 1 is 1.05 bits per heavy atom. The van der Waals surface area contributed by atoms with E-state index in [2.05, 4.69) is 52.3 Å². The summed E-state index contributed by atoms with van der Waals surface area (Å²) in [5.41, 5.74) is 6.99. The first kappa shape index (κ1) is 25.5. The predicted molar refractivity (Wildman–Crippen MR) is 144 cm³/mol. The number of aryl methyl sites for hydroxylation is 4. The van der Waals surface area contributed by atoms with Crippen molar-refractivity contribution in [2.45, 2.75) is 66.0 Å². The van der Waals surface area contributed by atoms with Crippen LogP contribution in [0.25, 0.3) is 0 Å². The number of hydrogen-bond donors (Lipinski definition) is 1. The minimum absolute atomic E-state index is 0.322. The van der Waals surface area contributed by atoms with Gasteiger partial charge in [0.25, 0.3) is 0 Å². The van der Waals surface area contributed by atoms with Crippen molar-refractivity contribution in [3.63, 3.8) is 0 Å². The molecule has 9 heteroatoms. The SMILES string of the molecule is CCCc1nc(CC)c(C(=O)OCC)n1Cc1ccc2c(c1)CCc1ccccc1N2Cc1noc(=O)[nH]1. The van der Waals surface area contributed by atoms with Gasteiger partial charge in [0.05, 0.1) is 18.8 Å². The number of H-pyrrole nitrogens is 1. The maximum absolute atomic E-state index is 12.9. The fourth-order valence-electron chi connectivity index (χ4n) is 5.23. The van der Waals surface area contributed by atoms with Gasteiger partial charge in [0.15, 0.2) is 11.5 Å². The third-order valence-corrected chi connectivity index (χ3v) is 6.91. The Balaban J connectivity index is 1.54. The molecule has 1 aliphatic rings. The summed E-state index contributed by atoms with van der Waals surface area (Å²) in [5.74, 6) is 0.491. The van der Waals surface area contributed by atoms with Crippen LogP contribution in [0.3, 0.4) is 0 Å². The highest BCUT2D eigenvalue weighted by Gasteiger charge is 2.25. The molecule has 0 amide bonds. The van der Waals surface area contributed by atoms with Crippen molar-refractivity contribution in [2.75, 3.05) is 11.5 Å². The monoisotopic (exact) mass is 515 g/mol. The number of para-hydroxylation sites is 1. The number of nitrogens with one attached hydrogen (secondary N) is 1. The Morgan fingerprint density at radius 2 is 1.84 bits per heavy atom. The molecule has 0 aliphatic carbocycles. The number of carbonyl (C=O) groups is 1. The minimum Gasteiger partial charge on any atom is -0.461 e. The molecule has 5 rings (SSSR count). The van der Waals surface area contributed by atoms with Gasteiger partial charge in [-0.25, -0.2) is 14.6 Å². The molecule has 2 aromatic carbocycles. The zero-order valence-electron chi connectivity index (χ0n) is 22.1. The van der Waals surface area contributed by atoms with Gasteiger partial charge >= 0.3 is 11.7 Å². The number of rotatable bonds is 9. The number of esters is 1. The lowest BCUT2D eigenvalue weighted by molar-refractivity contribution is 0.0512. The molecule has 0 spiro atoms. The molecule has 1 aliphatic heterocycles. The number of carbonyl (C=O) groups excluding carboxylic acids is 1. The van der Waals surface area contributed by atoms with Crippen LogP contribution in [-0.2, 0) is 43.5 Å². The quantitative estimate of drug-likeness (QED) is 0.321. The number of aromatic nitrogens is 4. The normalized spacial score (nSPS) is 12.7. The van der Waals surface area contributed by atoms with Crippen molar-refractivity contribution in [3.05, 3.63) is 92.7 Å². The molecule has 4 aromatic rings. The van der Waals surface area contributed by atoms with Gasteiger partial charge in [-0.3, -0.25) is 9.51 Å². The Kier molecular flexibility index (Phi) is 7.44. The highest BCUT2D eigenvalue weighted by Crippen LogP contribution is 2.37. The van der Waals surface area contributed by atoms with E-state index in [1.165, 1.54) is 11.1 Å². The fourth-order valence-corrected chi connectivity index (χ4v) is 5.23. The fraction of sp³-hybridized carbons (Fsp3) is 0.379. The van der Waals surface area contributed by atoms with Crippen LogP contribution in [0.2, 0.25) is 0 Å². The van der Waals surface area contributed by atoms with Crippen LogP contribution >= 0.6 is 0 Å². The Morgan fingerprint density at radius 3 is 2.58 bits per heavy atom. The third-order valence-electron chi connectivity index (χ3n) is 6.91. The van der Waals surface area contributed by atoms with Gasteiger partial charge in [0.2, 0.25) is 0 Å². The molecule has 1 N–H and O–H groups in total. The second-order valence-electron chi connectivity index (χ2n) is 9.45. The van der Waals surface area contributed by atoms with Gasteiger partial charge < -0.3 is 14.2 Å². The molecule has 0 unspecified atom stereocenters. The van der Waals surface area contributed by atoms with Gasteiger partial charge in [0.1, 0.15) is 5.82 Å². The first-order valence-electron chi connectivity index (χ1n) is 13.3. The minimum atomic E-state index is -0.564. The Labute approximate surface area is 221 Å². The lowest BCUT2D eigenvalue weighted by atomic mass is 10.0. The summed E-state index contributed by atoms with van der Waals surface area (Å²) >= 11 is 0. The van der Waals surface area contributed by atoms with Crippen LogP contribution in [0.15, 0.2) is 51.8 Å². The first-order chi connectivity index (χ1) is 18.5. The Bertz CT molecular complexity index is 1500. The average Bonchev–Trinajstić information content (AvgIpc) is 3.44. The molecule has 0 saturated heterocycles. The number of fused-ring (bicyclic) bond motifs is 2. The van der Waals surface area contributed by atoms with E-state index in [-0.39, 0.29) is 5.97 Å². The maximum Gasteiger partial charge on any atom is 0.438 e. The van der Waals surface area contributed by atoms with Crippen molar-refractivity contribution in [3.8, 4) is 0 Å². The van der Waals surface area contributed by atoms with Crippen LogP contribution in [0.1, 0.15) is 71.7 Å². The summed E-state index contributed by atoms with van der Waals surface area (Å²) in [6.07, 6.45) is 4.14. The molecule has 0 saturated carbocycles. The van der Waals surface area contributed by atoms with Crippen molar-refractivity contribution in [1.82, 2.24) is 19.7 Å². The molecular formula is C29H33N5O4. The highest BCUT2D eigenvalue weighted by molar-refractivity contribution is 5.89. The summed E-state index contributed by atoms with van der Waals surface area (Å²) in [5, 5.41) is 3.90. The topological polar surface area (TPSA) is 106 Å². The van der Waals surface area contributed by atoms with Crippen molar-refractivity contribution in [2.24, 2.45) is 0 Å². The largest absolute Gasteiger partial charge is 0.461 e. The van der Waals surface area contributed by atoms with Gasteiger partial charge in [-0.1, -0.05) is 49.3 Å². The standard InChI is InChI=1S/C29H33N5O4/c1-4-9-26-30-22(5-2)27(28(35)37-6-3)34(26)17-19-12-15-24-21(16-19)14-13-20-10-7-8-11-23(20)33(24)18-25-31-29(36)38-32-25/h7-8,10-12,15-16H,4-6,9,13-14,17-18H2,1-3H3,(H,31,32,36).